The number of hydrogen-bond donors (Lipinski definition) is 1. The van der Waals surface area contributed by atoms with Crippen LogP contribution >= 0.6 is 0 Å². The molecule has 1 aliphatic rings. The number of nitrogens with zero attached hydrogens (tertiary/aromatic N) is 3. The normalized spacial score (nSPS) is 16.9. The molecule has 1 saturated heterocycles. The van der Waals surface area contributed by atoms with Crippen LogP contribution in [0.25, 0.3) is 5.52 Å². The predicted octanol–water partition coefficient (Wildman–Crippen LogP) is 2.95. The Hall–Kier alpha value is -3.01. The lowest BCUT2D eigenvalue weighted by atomic mass is 10.0. The highest BCUT2D eigenvalue weighted by Gasteiger charge is 2.31. The summed E-state index contributed by atoms with van der Waals surface area (Å²) in [5.74, 6) is -1.74. The number of nitrogens with one attached hydrogen (secondary N) is 1. The second-order valence-corrected chi connectivity index (χ2v) is 9.15. The Labute approximate surface area is 172 Å². The van der Waals surface area contributed by atoms with E-state index in [0.29, 0.717) is 24.0 Å². The maximum absolute atomic E-state index is 14.4. The third kappa shape index (κ3) is 3.62. The van der Waals surface area contributed by atoms with Gasteiger partial charge in [-0.05, 0) is 49.6 Å². The van der Waals surface area contributed by atoms with E-state index in [1.165, 1.54) is 16.8 Å². The van der Waals surface area contributed by atoms with Crippen LogP contribution in [0.15, 0.2) is 36.7 Å². The highest BCUT2D eigenvalue weighted by atomic mass is 32.2. The second-order valence-electron chi connectivity index (χ2n) is 7.40. The topological polar surface area (TPSA) is 83.8 Å². The molecule has 0 bridgehead atoms. The van der Waals surface area contributed by atoms with Crippen molar-refractivity contribution >= 4 is 27.1 Å². The number of halogens is 2. The van der Waals surface area contributed by atoms with Crippen molar-refractivity contribution in [2.45, 2.75) is 25.8 Å². The maximum Gasteiger partial charge on any atom is 0.268 e. The fourth-order valence-corrected chi connectivity index (χ4v) is 4.53. The number of amides is 1. The van der Waals surface area contributed by atoms with Gasteiger partial charge in [-0.1, -0.05) is 0 Å². The van der Waals surface area contributed by atoms with E-state index in [4.69, 9.17) is 0 Å². The largest absolute Gasteiger partial charge is 0.364 e. The number of hydrogen-bond acceptors (Lipinski definition) is 5. The smallest absolute Gasteiger partial charge is 0.268 e. The van der Waals surface area contributed by atoms with Crippen LogP contribution in [0.4, 0.5) is 14.5 Å². The Morgan fingerprint density at radius 1 is 1.27 bits per heavy atom. The zero-order valence-corrected chi connectivity index (χ0v) is 17.2. The van der Waals surface area contributed by atoms with Gasteiger partial charge in [-0.2, -0.15) is 5.10 Å². The molecule has 10 heteroatoms. The van der Waals surface area contributed by atoms with Crippen LogP contribution in [0.1, 0.15) is 40.4 Å². The molecule has 0 radical (unpaired) electrons. The molecule has 1 unspecified atom stereocenters. The highest BCUT2D eigenvalue weighted by molar-refractivity contribution is 7.89. The van der Waals surface area contributed by atoms with Crippen LogP contribution in [0.2, 0.25) is 0 Å². The lowest BCUT2D eigenvalue weighted by molar-refractivity contribution is 0.0983. The van der Waals surface area contributed by atoms with Crippen molar-refractivity contribution in [3.63, 3.8) is 0 Å². The first-order valence-electron chi connectivity index (χ1n) is 9.36. The highest BCUT2D eigenvalue weighted by Crippen LogP contribution is 2.39. The Bertz CT molecular complexity index is 1260. The quantitative estimate of drug-likeness (QED) is 0.683. The summed E-state index contributed by atoms with van der Waals surface area (Å²) in [6, 6.07) is 4.90. The zero-order chi connectivity index (χ0) is 21.6. The SMILES string of the molecule is Cc1c(N2CCCC2c2cc(F)ccc2F)ccn2ncc(C(=O)NS(C)(=O)=O)c12. The van der Waals surface area contributed by atoms with Gasteiger partial charge in [-0.3, -0.25) is 4.79 Å². The summed E-state index contributed by atoms with van der Waals surface area (Å²) in [4.78, 5) is 14.4. The summed E-state index contributed by atoms with van der Waals surface area (Å²) >= 11 is 0. The number of aryl methyl sites for hydroxylation is 1. The molecule has 2 aromatic heterocycles. The predicted molar refractivity (Wildman–Crippen MR) is 108 cm³/mol. The molecule has 0 aliphatic carbocycles. The molecule has 1 aromatic carbocycles. The van der Waals surface area contributed by atoms with Crippen LogP contribution in [0.5, 0.6) is 0 Å². The maximum atomic E-state index is 14.4. The molecule has 1 atom stereocenters. The number of carbonyl (C=O) groups is 1. The first-order valence-corrected chi connectivity index (χ1v) is 11.3. The van der Waals surface area contributed by atoms with Gasteiger partial charge in [0.1, 0.15) is 11.6 Å². The van der Waals surface area contributed by atoms with E-state index in [2.05, 4.69) is 5.10 Å². The number of aromatic nitrogens is 2. The summed E-state index contributed by atoms with van der Waals surface area (Å²) in [6.07, 6.45) is 5.32. The Morgan fingerprint density at radius 3 is 2.77 bits per heavy atom. The molecular weight excluding hydrogens is 414 g/mol. The molecule has 3 aromatic rings. The monoisotopic (exact) mass is 434 g/mol. The standard InChI is InChI=1S/C20H20F2N4O3S/c1-12-17(25-8-3-4-18(25)14-10-13(21)5-6-16(14)22)7-9-26-19(12)15(11-23-26)20(27)24-30(2,28)29/h5-7,9-11,18H,3-4,8H2,1-2H3,(H,24,27). The fraction of sp³-hybridized carbons (Fsp3) is 0.300. The van der Waals surface area contributed by atoms with E-state index in [9.17, 15) is 22.0 Å². The number of sulfonamides is 1. The zero-order valence-electron chi connectivity index (χ0n) is 16.4. The van der Waals surface area contributed by atoms with Crippen molar-refractivity contribution in [3.8, 4) is 0 Å². The molecule has 1 aliphatic heterocycles. The number of carbonyl (C=O) groups excluding carboxylic acids is 1. The van der Waals surface area contributed by atoms with E-state index >= 15 is 0 Å². The fourth-order valence-electron chi connectivity index (χ4n) is 4.09. The van der Waals surface area contributed by atoms with Gasteiger partial charge >= 0.3 is 0 Å². The van der Waals surface area contributed by atoms with Gasteiger partial charge in [0, 0.05) is 24.0 Å². The van der Waals surface area contributed by atoms with E-state index in [1.807, 2.05) is 15.7 Å². The first kappa shape index (κ1) is 20.3. The van der Waals surface area contributed by atoms with Crippen LogP contribution in [-0.2, 0) is 10.0 Å². The third-order valence-corrected chi connectivity index (χ3v) is 5.87. The molecule has 0 spiro atoms. The van der Waals surface area contributed by atoms with Gasteiger partial charge in [0.15, 0.2) is 0 Å². The first-order chi connectivity index (χ1) is 14.2. The number of pyridine rings is 1. The van der Waals surface area contributed by atoms with E-state index in [0.717, 1.165) is 30.5 Å². The lowest BCUT2D eigenvalue weighted by Gasteiger charge is -2.29. The van der Waals surface area contributed by atoms with Crippen molar-refractivity contribution in [1.82, 2.24) is 14.3 Å². The van der Waals surface area contributed by atoms with Gasteiger partial charge in [0.2, 0.25) is 10.0 Å². The molecular formula is C20H20F2N4O3S. The molecule has 1 amide bonds. The number of benzene rings is 1. The summed E-state index contributed by atoms with van der Waals surface area (Å²) in [5.41, 5.74) is 2.31. The Morgan fingerprint density at radius 2 is 2.03 bits per heavy atom. The van der Waals surface area contributed by atoms with Crippen molar-refractivity contribution in [1.29, 1.82) is 0 Å². The van der Waals surface area contributed by atoms with Gasteiger partial charge in [0.25, 0.3) is 5.91 Å². The van der Waals surface area contributed by atoms with Gasteiger partial charge in [-0.15, -0.1) is 0 Å². The molecule has 0 saturated carbocycles. The average Bonchev–Trinajstić information content (AvgIpc) is 3.30. The number of fused-ring (bicyclic) bond motifs is 1. The van der Waals surface area contributed by atoms with Crippen LogP contribution in [0, 0.1) is 18.6 Å². The summed E-state index contributed by atoms with van der Waals surface area (Å²) < 4.78 is 54.6. The average molecular weight is 434 g/mol. The Kier molecular flexibility index (Phi) is 4.97. The summed E-state index contributed by atoms with van der Waals surface area (Å²) in [5, 5.41) is 4.13. The van der Waals surface area contributed by atoms with E-state index < -0.39 is 27.6 Å². The number of rotatable bonds is 4. The number of anilines is 1. The third-order valence-electron chi connectivity index (χ3n) is 5.31. The van der Waals surface area contributed by atoms with Crippen molar-refractivity contribution in [2.24, 2.45) is 0 Å². The van der Waals surface area contributed by atoms with Gasteiger partial charge in [0.05, 0.1) is 29.6 Å². The van der Waals surface area contributed by atoms with Crippen LogP contribution in [0.3, 0.4) is 0 Å². The van der Waals surface area contributed by atoms with Crippen LogP contribution in [-0.4, -0.2) is 36.7 Å². The molecule has 7 nitrogen and oxygen atoms in total. The van der Waals surface area contributed by atoms with E-state index in [1.54, 1.807) is 13.1 Å². The summed E-state index contributed by atoms with van der Waals surface area (Å²) in [6.45, 7) is 2.43. The second kappa shape index (κ2) is 7.35. The van der Waals surface area contributed by atoms with Crippen molar-refractivity contribution < 1.29 is 22.0 Å². The molecule has 158 valence electrons. The van der Waals surface area contributed by atoms with E-state index in [-0.39, 0.29) is 17.2 Å². The molecule has 30 heavy (non-hydrogen) atoms. The molecule has 3 heterocycles. The molecule has 1 N–H and O–H groups in total. The minimum Gasteiger partial charge on any atom is -0.364 e. The van der Waals surface area contributed by atoms with Crippen LogP contribution < -0.4 is 9.62 Å². The van der Waals surface area contributed by atoms with Crippen molar-refractivity contribution in [2.75, 3.05) is 17.7 Å². The minimum atomic E-state index is -3.73. The van der Waals surface area contributed by atoms with Crippen molar-refractivity contribution in [3.05, 3.63) is 65.0 Å². The molecule has 4 rings (SSSR count). The minimum absolute atomic E-state index is 0.118. The van der Waals surface area contributed by atoms with Gasteiger partial charge in [-0.25, -0.2) is 26.4 Å². The Balaban J connectivity index is 1.79. The van der Waals surface area contributed by atoms with Gasteiger partial charge < -0.3 is 4.90 Å². The lowest BCUT2D eigenvalue weighted by Crippen LogP contribution is -2.29. The summed E-state index contributed by atoms with van der Waals surface area (Å²) in [7, 11) is -3.73. The molecule has 1 fully saturated rings.